The van der Waals surface area contributed by atoms with Crippen LogP contribution in [0.3, 0.4) is 0 Å². The Labute approximate surface area is 191 Å². The van der Waals surface area contributed by atoms with Gasteiger partial charge in [-0.05, 0) is 42.0 Å². The van der Waals surface area contributed by atoms with Crippen molar-refractivity contribution >= 4 is 34.3 Å². The zero-order valence-corrected chi connectivity index (χ0v) is 18.2. The van der Waals surface area contributed by atoms with Crippen LogP contribution in [0, 0.1) is 0 Å². The number of halogens is 1. The Morgan fingerprint density at radius 3 is 2.69 bits per heavy atom. The third-order valence-electron chi connectivity index (χ3n) is 5.59. The Morgan fingerprint density at radius 2 is 1.84 bits per heavy atom. The van der Waals surface area contributed by atoms with E-state index in [4.69, 9.17) is 16.0 Å². The maximum absolute atomic E-state index is 12.8. The number of hydrogen-bond donors (Lipinski definition) is 2. The number of nitrogens with one attached hydrogen (secondary N) is 2. The number of benzene rings is 3. The number of anilines is 1. The van der Waals surface area contributed by atoms with Crippen LogP contribution in [0.15, 0.2) is 71.1 Å². The lowest BCUT2D eigenvalue weighted by molar-refractivity contribution is 0.102. The number of carbonyl (C=O) groups is 1. The lowest BCUT2D eigenvalue weighted by Gasteiger charge is -2.27. The van der Waals surface area contributed by atoms with Crippen molar-refractivity contribution < 1.29 is 9.21 Å². The zero-order chi connectivity index (χ0) is 21.9. The molecule has 7 heteroatoms. The van der Waals surface area contributed by atoms with Crippen LogP contribution >= 0.6 is 11.6 Å². The predicted octanol–water partition coefficient (Wildman–Crippen LogP) is 4.81. The van der Waals surface area contributed by atoms with E-state index in [1.54, 1.807) is 24.3 Å². The van der Waals surface area contributed by atoms with Crippen LogP contribution in [-0.4, -0.2) is 42.0 Å². The molecule has 5 rings (SSSR count). The minimum Gasteiger partial charge on any atom is -0.436 e. The van der Waals surface area contributed by atoms with Gasteiger partial charge < -0.3 is 15.1 Å². The Bertz CT molecular complexity index is 1260. The summed E-state index contributed by atoms with van der Waals surface area (Å²) in [6, 6.07) is 20.6. The number of rotatable bonds is 5. The van der Waals surface area contributed by atoms with Gasteiger partial charge >= 0.3 is 0 Å². The fraction of sp³-hybridized carbons (Fsp3) is 0.200. The number of nitrogens with zero attached hydrogens (tertiary/aromatic N) is 2. The van der Waals surface area contributed by atoms with Crippen LogP contribution < -0.4 is 10.6 Å². The molecule has 0 aliphatic carbocycles. The molecule has 2 N–H and O–H groups in total. The maximum Gasteiger partial charge on any atom is 0.257 e. The first-order chi connectivity index (χ1) is 15.7. The standard InChI is InChI=1S/C25H23ClN4O2/c26-20-7-3-1-5-18(20)24(31)28-21-8-4-2-6-19(21)25-29-22-10-9-17(15-23(22)32-25)16-30-13-11-27-12-14-30/h1-10,15,27H,11-14,16H2,(H,28,31). The number of amides is 1. The quantitative estimate of drug-likeness (QED) is 0.460. The third kappa shape index (κ3) is 4.39. The van der Waals surface area contributed by atoms with Crippen molar-refractivity contribution in [2.45, 2.75) is 6.54 Å². The summed E-state index contributed by atoms with van der Waals surface area (Å²) in [4.78, 5) is 19.9. The predicted molar refractivity (Wildman–Crippen MR) is 127 cm³/mol. The van der Waals surface area contributed by atoms with E-state index in [0.29, 0.717) is 27.7 Å². The molecule has 1 fully saturated rings. The largest absolute Gasteiger partial charge is 0.436 e. The van der Waals surface area contributed by atoms with Gasteiger partial charge in [-0.2, -0.15) is 0 Å². The van der Waals surface area contributed by atoms with E-state index in [1.165, 1.54) is 5.56 Å². The Kier molecular flexibility index (Phi) is 5.90. The van der Waals surface area contributed by atoms with Crippen molar-refractivity contribution in [1.29, 1.82) is 0 Å². The molecular weight excluding hydrogens is 424 g/mol. The summed E-state index contributed by atoms with van der Waals surface area (Å²) in [5.41, 5.74) is 4.47. The van der Waals surface area contributed by atoms with Crippen molar-refractivity contribution in [3.8, 4) is 11.5 Å². The molecule has 162 valence electrons. The highest BCUT2D eigenvalue weighted by molar-refractivity contribution is 6.34. The highest BCUT2D eigenvalue weighted by Gasteiger charge is 2.17. The van der Waals surface area contributed by atoms with Gasteiger partial charge in [-0.25, -0.2) is 4.98 Å². The number of oxazole rings is 1. The van der Waals surface area contributed by atoms with Gasteiger partial charge in [0.05, 0.1) is 21.8 Å². The monoisotopic (exact) mass is 446 g/mol. The smallest absolute Gasteiger partial charge is 0.257 e. The summed E-state index contributed by atoms with van der Waals surface area (Å²) < 4.78 is 6.12. The third-order valence-corrected chi connectivity index (χ3v) is 5.92. The molecule has 6 nitrogen and oxygen atoms in total. The highest BCUT2D eigenvalue weighted by atomic mass is 35.5. The highest BCUT2D eigenvalue weighted by Crippen LogP contribution is 2.31. The van der Waals surface area contributed by atoms with Crippen molar-refractivity contribution in [3.05, 3.63) is 82.9 Å². The van der Waals surface area contributed by atoms with E-state index in [2.05, 4.69) is 32.7 Å². The van der Waals surface area contributed by atoms with E-state index < -0.39 is 0 Å². The number of aromatic nitrogens is 1. The SMILES string of the molecule is O=C(Nc1ccccc1-c1nc2ccc(CN3CCNCC3)cc2o1)c1ccccc1Cl. The van der Waals surface area contributed by atoms with Crippen molar-refractivity contribution in [2.75, 3.05) is 31.5 Å². The second-order valence-corrected chi connectivity index (χ2v) is 8.23. The topological polar surface area (TPSA) is 70.4 Å². The lowest BCUT2D eigenvalue weighted by Crippen LogP contribution is -2.42. The summed E-state index contributed by atoms with van der Waals surface area (Å²) in [6.45, 7) is 5.01. The molecule has 0 atom stereocenters. The number of carbonyl (C=O) groups excluding carboxylic acids is 1. The van der Waals surface area contributed by atoms with Gasteiger partial charge in [0.2, 0.25) is 5.89 Å². The summed E-state index contributed by atoms with van der Waals surface area (Å²) in [7, 11) is 0. The molecule has 1 aromatic heterocycles. The molecule has 32 heavy (non-hydrogen) atoms. The molecule has 0 unspecified atom stereocenters. The molecule has 1 aliphatic heterocycles. The molecule has 2 heterocycles. The first-order valence-electron chi connectivity index (χ1n) is 10.7. The maximum atomic E-state index is 12.8. The number of fused-ring (bicyclic) bond motifs is 1. The van der Waals surface area contributed by atoms with Crippen LogP contribution in [0.1, 0.15) is 15.9 Å². The van der Waals surface area contributed by atoms with Gasteiger partial charge in [-0.3, -0.25) is 9.69 Å². The van der Waals surface area contributed by atoms with E-state index in [-0.39, 0.29) is 5.91 Å². The molecule has 4 aromatic rings. The van der Waals surface area contributed by atoms with E-state index >= 15 is 0 Å². The van der Waals surface area contributed by atoms with E-state index in [0.717, 1.165) is 43.8 Å². The van der Waals surface area contributed by atoms with Crippen LogP contribution in [-0.2, 0) is 6.54 Å². The van der Waals surface area contributed by atoms with Crippen LogP contribution in [0.4, 0.5) is 5.69 Å². The summed E-state index contributed by atoms with van der Waals surface area (Å²) in [6.07, 6.45) is 0. The fourth-order valence-electron chi connectivity index (χ4n) is 3.92. The Balaban J connectivity index is 1.41. The van der Waals surface area contributed by atoms with Gasteiger partial charge in [0, 0.05) is 32.7 Å². The van der Waals surface area contributed by atoms with E-state index in [9.17, 15) is 4.79 Å². The second kappa shape index (κ2) is 9.12. The zero-order valence-electron chi connectivity index (χ0n) is 17.5. The lowest BCUT2D eigenvalue weighted by atomic mass is 10.1. The summed E-state index contributed by atoms with van der Waals surface area (Å²) in [5, 5.41) is 6.72. The molecule has 0 bridgehead atoms. The minimum absolute atomic E-state index is 0.280. The average molecular weight is 447 g/mol. The fourth-order valence-corrected chi connectivity index (χ4v) is 4.15. The molecule has 1 aliphatic rings. The molecule has 1 amide bonds. The molecule has 1 saturated heterocycles. The number of hydrogen-bond acceptors (Lipinski definition) is 5. The summed E-state index contributed by atoms with van der Waals surface area (Å²) >= 11 is 6.18. The molecule has 0 saturated carbocycles. The van der Waals surface area contributed by atoms with Crippen molar-refractivity contribution in [3.63, 3.8) is 0 Å². The van der Waals surface area contributed by atoms with Crippen LogP contribution in [0.2, 0.25) is 5.02 Å². The molecule has 0 spiro atoms. The van der Waals surface area contributed by atoms with E-state index in [1.807, 2.05) is 30.3 Å². The average Bonchev–Trinajstić information content (AvgIpc) is 3.23. The molecule has 0 radical (unpaired) electrons. The van der Waals surface area contributed by atoms with Gasteiger partial charge in [0.15, 0.2) is 5.58 Å². The Hall–Kier alpha value is -3.19. The Morgan fingerprint density at radius 1 is 1.06 bits per heavy atom. The van der Waals surface area contributed by atoms with Gasteiger partial charge in [-0.15, -0.1) is 0 Å². The van der Waals surface area contributed by atoms with Crippen LogP contribution in [0.25, 0.3) is 22.6 Å². The van der Waals surface area contributed by atoms with Crippen molar-refractivity contribution in [1.82, 2.24) is 15.2 Å². The first-order valence-corrected chi connectivity index (χ1v) is 11.0. The van der Waals surface area contributed by atoms with Crippen LogP contribution in [0.5, 0.6) is 0 Å². The minimum atomic E-state index is -0.280. The molecular formula is C25H23ClN4O2. The first kappa shape index (κ1) is 20.7. The normalized spacial score (nSPS) is 14.5. The summed E-state index contributed by atoms with van der Waals surface area (Å²) in [5.74, 6) is 0.187. The number of piperazine rings is 1. The van der Waals surface area contributed by atoms with Gasteiger partial charge in [0.25, 0.3) is 5.91 Å². The van der Waals surface area contributed by atoms with Crippen molar-refractivity contribution in [2.24, 2.45) is 0 Å². The molecule has 3 aromatic carbocycles. The number of para-hydroxylation sites is 1. The van der Waals surface area contributed by atoms with Gasteiger partial charge in [0.1, 0.15) is 5.52 Å². The second-order valence-electron chi connectivity index (χ2n) is 7.83. The van der Waals surface area contributed by atoms with Gasteiger partial charge in [-0.1, -0.05) is 41.9 Å².